The van der Waals surface area contributed by atoms with Crippen molar-refractivity contribution in [3.8, 4) is 11.5 Å². The third kappa shape index (κ3) is 6.67. The normalized spacial score (nSPS) is 16.4. The Kier molecular flexibility index (Phi) is 7.80. The van der Waals surface area contributed by atoms with Gasteiger partial charge in [0, 0.05) is 23.6 Å². The molecule has 36 heavy (non-hydrogen) atoms. The van der Waals surface area contributed by atoms with Gasteiger partial charge in [0.1, 0.15) is 0 Å². The van der Waals surface area contributed by atoms with Gasteiger partial charge in [-0.25, -0.2) is 5.01 Å². The van der Waals surface area contributed by atoms with Crippen LogP contribution in [0, 0.1) is 5.92 Å². The molecule has 0 bridgehead atoms. The monoisotopic (exact) mass is 517 g/mol. The fraction of sp³-hybridized carbons (Fsp3) is 0.348. The number of anilines is 1. The fourth-order valence-corrected chi connectivity index (χ4v) is 3.54. The lowest BCUT2D eigenvalue weighted by Gasteiger charge is -2.29. The van der Waals surface area contributed by atoms with Crippen LogP contribution in [0.4, 0.5) is 32.0 Å². The number of nitrogens with one attached hydrogen (secondary N) is 1. The average Bonchev–Trinajstić information content (AvgIpc) is 2.80. The number of methoxy groups -OCH3 is 1. The van der Waals surface area contributed by atoms with E-state index in [1.165, 1.54) is 48.5 Å². The molecule has 13 heteroatoms. The van der Waals surface area contributed by atoms with Crippen molar-refractivity contribution < 1.29 is 45.4 Å². The van der Waals surface area contributed by atoms with Gasteiger partial charge in [0.25, 0.3) is 0 Å². The molecule has 2 amide bonds. The Morgan fingerprint density at radius 3 is 2.31 bits per heavy atom. The van der Waals surface area contributed by atoms with E-state index in [9.17, 15) is 35.9 Å². The highest BCUT2D eigenvalue weighted by atomic mass is 19.4. The number of alkyl halides is 6. The summed E-state index contributed by atoms with van der Waals surface area (Å²) in [6.07, 6.45) is -9.30. The van der Waals surface area contributed by atoms with E-state index in [1.807, 2.05) is 6.92 Å². The predicted molar refractivity (Wildman–Crippen MR) is 116 cm³/mol. The van der Waals surface area contributed by atoms with Gasteiger partial charge in [-0.05, 0) is 42.3 Å². The first-order chi connectivity index (χ1) is 16.8. The molecule has 1 unspecified atom stereocenters. The van der Waals surface area contributed by atoms with Crippen molar-refractivity contribution in [1.29, 1.82) is 0 Å². The Morgan fingerprint density at radius 2 is 1.75 bits per heavy atom. The molecule has 1 N–H and O–H groups in total. The smallest absolute Gasteiger partial charge is 0.493 e. The molecule has 0 aromatic heterocycles. The predicted octanol–water partition coefficient (Wildman–Crippen LogP) is 5.26. The van der Waals surface area contributed by atoms with E-state index in [0.717, 1.165) is 6.07 Å². The van der Waals surface area contributed by atoms with Crippen LogP contribution in [-0.2, 0) is 16.1 Å². The van der Waals surface area contributed by atoms with Crippen LogP contribution in [0.15, 0.2) is 47.6 Å². The van der Waals surface area contributed by atoms with Crippen LogP contribution in [0.1, 0.15) is 30.9 Å². The third-order valence-corrected chi connectivity index (χ3v) is 5.30. The molecular weight excluding hydrogens is 496 g/mol. The summed E-state index contributed by atoms with van der Waals surface area (Å²) in [7, 11) is 1.19. The van der Waals surface area contributed by atoms with Gasteiger partial charge in [0.05, 0.1) is 19.4 Å². The Hall–Kier alpha value is -3.77. The second kappa shape index (κ2) is 10.5. The summed E-state index contributed by atoms with van der Waals surface area (Å²) in [6.45, 7) is 1.83. The Morgan fingerprint density at radius 1 is 1.08 bits per heavy atom. The van der Waals surface area contributed by atoms with E-state index >= 15 is 0 Å². The number of amides is 2. The number of carbonyl (C=O) groups is 2. The van der Waals surface area contributed by atoms with Gasteiger partial charge in [-0.2, -0.15) is 18.3 Å². The lowest BCUT2D eigenvalue weighted by atomic mass is 9.89. The van der Waals surface area contributed by atoms with Gasteiger partial charge in [-0.3, -0.25) is 9.59 Å². The number of nitrogens with zero attached hydrogens (tertiary/aromatic N) is 2. The minimum absolute atomic E-state index is 0.0152. The molecule has 3 rings (SSSR count). The van der Waals surface area contributed by atoms with Crippen molar-refractivity contribution >= 4 is 23.2 Å². The fourth-order valence-electron chi connectivity index (χ4n) is 3.54. The second-order valence-electron chi connectivity index (χ2n) is 7.81. The van der Waals surface area contributed by atoms with Gasteiger partial charge in [-0.15, -0.1) is 13.2 Å². The summed E-state index contributed by atoms with van der Waals surface area (Å²) in [4.78, 5) is 23.7. The van der Waals surface area contributed by atoms with Crippen molar-refractivity contribution in [1.82, 2.24) is 5.01 Å². The molecule has 1 aliphatic heterocycles. The molecule has 1 heterocycles. The van der Waals surface area contributed by atoms with Gasteiger partial charge < -0.3 is 14.8 Å². The maximum absolute atomic E-state index is 12.7. The summed E-state index contributed by atoms with van der Waals surface area (Å²) < 4.78 is 84.2. The van der Waals surface area contributed by atoms with Crippen LogP contribution in [0.2, 0.25) is 0 Å². The zero-order chi connectivity index (χ0) is 26.7. The van der Waals surface area contributed by atoms with E-state index in [0.29, 0.717) is 23.3 Å². The van der Waals surface area contributed by atoms with Crippen LogP contribution in [0.3, 0.4) is 0 Å². The zero-order valence-electron chi connectivity index (χ0n) is 19.0. The van der Waals surface area contributed by atoms with Crippen molar-refractivity contribution in [3.05, 3.63) is 53.6 Å². The summed E-state index contributed by atoms with van der Waals surface area (Å²) in [6, 6.07) is 9.23. The van der Waals surface area contributed by atoms with Crippen LogP contribution < -0.4 is 14.8 Å². The van der Waals surface area contributed by atoms with Crippen molar-refractivity contribution in [2.45, 2.75) is 38.8 Å². The molecule has 0 saturated heterocycles. The topological polar surface area (TPSA) is 80.2 Å². The second-order valence-corrected chi connectivity index (χ2v) is 7.81. The SMILES string of the molecule is CCC1CC(=O)N(Cc2ccc(NC(=O)C(F)(F)F)cc2)N=C1c1ccc(OC(F)(F)F)c(OC)c1. The van der Waals surface area contributed by atoms with Crippen molar-refractivity contribution in [2.75, 3.05) is 12.4 Å². The summed E-state index contributed by atoms with van der Waals surface area (Å²) in [5.41, 5.74) is 1.35. The van der Waals surface area contributed by atoms with E-state index in [1.54, 1.807) is 5.32 Å². The number of benzene rings is 2. The number of ether oxygens (including phenoxy) is 2. The molecule has 0 radical (unpaired) electrons. The van der Waals surface area contributed by atoms with Crippen molar-refractivity contribution in [3.63, 3.8) is 0 Å². The lowest BCUT2D eigenvalue weighted by molar-refractivity contribution is -0.275. The first kappa shape index (κ1) is 26.8. The standard InChI is InChI=1S/C23H21F6N3O4/c1-3-14-11-19(33)32(12-13-4-7-16(8-5-13)30-21(34)22(24,25)26)31-20(14)15-6-9-17(18(10-15)35-2)36-23(27,28)29/h4-10,14H,3,11-12H2,1-2H3,(H,30,34). The van der Waals surface area contributed by atoms with E-state index < -0.39 is 24.2 Å². The highest BCUT2D eigenvalue weighted by Gasteiger charge is 2.38. The Balaban J connectivity index is 1.84. The molecule has 7 nitrogen and oxygen atoms in total. The molecule has 0 saturated carbocycles. The third-order valence-electron chi connectivity index (χ3n) is 5.30. The molecule has 1 atom stereocenters. The molecule has 2 aromatic rings. The first-order valence-electron chi connectivity index (χ1n) is 10.6. The minimum Gasteiger partial charge on any atom is -0.493 e. The molecular formula is C23H21F6N3O4. The van der Waals surface area contributed by atoms with Crippen LogP contribution in [-0.4, -0.2) is 42.2 Å². The lowest BCUT2D eigenvalue weighted by Crippen LogP contribution is -2.36. The number of carbonyl (C=O) groups excluding carboxylic acids is 2. The quantitative estimate of drug-likeness (QED) is 0.509. The summed E-state index contributed by atoms with van der Waals surface area (Å²) in [5.74, 6) is -3.40. The molecule has 194 valence electrons. The van der Waals surface area contributed by atoms with Crippen molar-refractivity contribution in [2.24, 2.45) is 11.0 Å². The largest absolute Gasteiger partial charge is 0.573 e. The van der Waals surface area contributed by atoms with E-state index in [2.05, 4.69) is 9.84 Å². The summed E-state index contributed by atoms with van der Waals surface area (Å²) >= 11 is 0. The van der Waals surface area contributed by atoms with Crippen LogP contribution in [0.5, 0.6) is 11.5 Å². The van der Waals surface area contributed by atoms with Gasteiger partial charge >= 0.3 is 18.4 Å². The van der Waals surface area contributed by atoms with Gasteiger partial charge in [0.15, 0.2) is 11.5 Å². The molecule has 0 spiro atoms. The molecule has 1 aliphatic rings. The number of halogens is 6. The van der Waals surface area contributed by atoms with E-state index in [-0.39, 0.29) is 36.2 Å². The van der Waals surface area contributed by atoms with E-state index in [4.69, 9.17) is 4.74 Å². The zero-order valence-corrected chi connectivity index (χ0v) is 19.0. The number of rotatable bonds is 7. The maximum Gasteiger partial charge on any atom is 0.573 e. The Bertz CT molecular complexity index is 1150. The number of hydrogen-bond donors (Lipinski definition) is 1. The highest BCUT2D eigenvalue weighted by molar-refractivity contribution is 6.06. The van der Waals surface area contributed by atoms with Crippen LogP contribution in [0.25, 0.3) is 0 Å². The maximum atomic E-state index is 12.7. The summed E-state index contributed by atoms with van der Waals surface area (Å²) in [5, 5.41) is 7.33. The Labute approximate surface area is 201 Å². The molecule has 0 fully saturated rings. The molecule has 0 aliphatic carbocycles. The van der Waals surface area contributed by atoms with Gasteiger partial charge in [-0.1, -0.05) is 19.1 Å². The number of hydrogen-bond acceptors (Lipinski definition) is 5. The minimum atomic E-state index is -5.03. The average molecular weight is 517 g/mol. The van der Waals surface area contributed by atoms with Gasteiger partial charge in [0.2, 0.25) is 5.91 Å². The number of hydrazone groups is 1. The highest BCUT2D eigenvalue weighted by Crippen LogP contribution is 2.35. The van der Waals surface area contributed by atoms with Crippen LogP contribution >= 0.6 is 0 Å². The molecule has 2 aromatic carbocycles. The first-order valence-corrected chi connectivity index (χ1v) is 10.6.